The molecule has 2 aromatic rings. The van der Waals surface area contributed by atoms with Gasteiger partial charge < -0.3 is 10.2 Å². The van der Waals surface area contributed by atoms with E-state index in [1.165, 1.54) is 12.1 Å². The Morgan fingerprint density at radius 1 is 1.33 bits per heavy atom. The molecule has 0 spiro atoms. The van der Waals surface area contributed by atoms with Crippen LogP contribution in [0.2, 0.25) is 0 Å². The molecule has 1 aromatic heterocycles. The molecule has 0 aliphatic carbocycles. The molecule has 0 atom stereocenters. The topological polar surface area (TPSA) is 41.1 Å². The Kier molecular flexibility index (Phi) is 3.72. The summed E-state index contributed by atoms with van der Waals surface area (Å²) in [6, 6.07) is 8.17. The van der Waals surface area contributed by atoms with Crippen molar-refractivity contribution in [2.24, 2.45) is 0 Å². The molecule has 1 heterocycles. The molecule has 0 saturated heterocycles. The van der Waals surface area contributed by atoms with Crippen LogP contribution in [0.4, 0.5) is 21.8 Å². The predicted molar refractivity (Wildman–Crippen MR) is 70.7 cm³/mol. The van der Waals surface area contributed by atoms with Crippen LogP contribution < -0.4 is 10.2 Å². The van der Waals surface area contributed by atoms with Gasteiger partial charge >= 0.3 is 0 Å². The van der Waals surface area contributed by atoms with Crippen LogP contribution in [0, 0.1) is 5.82 Å². The minimum absolute atomic E-state index is 0.264. The first-order chi connectivity index (χ1) is 8.70. The van der Waals surface area contributed by atoms with Gasteiger partial charge in [0, 0.05) is 25.5 Å². The number of benzene rings is 1. The zero-order valence-corrected chi connectivity index (χ0v) is 10.4. The van der Waals surface area contributed by atoms with Crippen LogP contribution in [0.3, 0.4) is 0 Å². The van der Waals surface area contributed by atoms with Crippen molar-refractivity contribution < 1.29 is 4.39 Å². The van der Waals surface area contributed by atoms with E-state index in [2.05, 4.69) is 15.3 Å². The molecule has 0 saturated carbocycles. The third-order valence-corrected chi connectivity index (χ3v) is 2.51. The molecular weight excluding hydrogens is 231 g/mol. The summed E-state index contributed by atoms with van der Waals surface area (Å²) in [4.78, 5) is 10.3. The predicted octanol–water partition coefficient (Wildman–Crippen LogP) is 2.82. The lowest BCUT2D eigenvalue weighted by Gasteiger charge is -2.18. The van der Waals surface area contributed by atoms with Crippen molar-refractivity contribution >= 4 is 17.5 Å². The summed E-state index contributed by atoms with van der Waals surface area (Å²) in [5.41, 5.74) is 0.746. The van der Waals surface area contributed by atoms with Crippen molar-refractivity contribution in [1.29, 1.82) is 0 Å². The number of halogens is 1. The van der Waals surface area contributed by atoms with Gasteiger partial charge in [-0.1, -0.05) is 6.07 Å². The molecule has 18 heavy (non-hydrogen) atoms. The molecule has 0 radical (unpaired) electrons. The first kappa shape index (κ1) is 12.3. The fourth-order valence-corrected chi connectivity index (χ4v) is 1.60. The SMILES string of the molecule is CCNc1nccc(N(C)c2cccc(F)c2)n1. The molecule has 4 nitrogen and oxygen atoms in total. The maximum Gasteiger partial charge on any atom is 0.224 e. The third kappa shape index (κ3) is 2.74. The standard InChI is InChI=1S/C13H15FN4/c1-3-15-13-16-8-7-12(17-13)18(2)11-6-4-5-10(14)9-11/h4-9H,3H2,1-2H3,(H,15,16,17). The van der Waals surface area contributed by atoms with Crippen molar-refractivity contribution in [3.05, 3.63) is 42.3 Å². The highest BCUT2D eigenvalue weighted by molar-refractivity contribution is 5.59. The Balaban J connectivity index is 2.27. The lowest BCUT2D eigenvalue weighted by atomic mass is 10.3. The largest absolute Gasteiger partial charge is 0.354 e. The summed E-state index contributed by atoms with van der Waals surface area (Å²) in [6.45, 7) is 2.74. The summed E-state index contributed by atoms with van der Waals surface area (Å²) in [6.07, 6.45) is 1.68. The third-order valence-electron chi connectivity index (χ3n) is 2.51. The minimum Gasteiger partial charge on any atom is -0.354 e. The van der Waals surface area contributed by atoms with E-state index in [0.717, 1.165) is 12.2 Å². The summed E-state index contributed by atoms with van der Waals surface area (Å²) >= 11 is 0. The minimum atomic E-state index is -0.264. The zero-order chi connectivity index (χ0) is 13.0. The quantitative estimate of drug-likeness (QED) is 0.900. The molecular formula is C13H15FN4. The van der Waals surface area contributed by atoms with Crippen molar-refractivity contribution in [1.82, 2.24) is 9.97 Å². The normalized spacial score (nSPS) is 10.2. The van der Waals surface area contributed by atoms with Gasteiger partial charge in [-0.05, 0) is 31.2 Å². The Hall–Kier alpha value is -2.17. The van der Waals surface area contributed by atoms with E-state index >= 15 is 0 Å². The average Bonchev–Trinajstić information content (AvgIpc) is 2.39. The van der Waals surface area contributed by atoms with E-state index in [4.69, 9.17) is 0 Å². The summed E-state index contributed by atoms with van der Waals surface area (Å²) in [7, 11) is 1.84. The number of nitrogens with zero attached hydrogens (tertiary/aromatic N) is 3. The molecule has 0 aliphatic heterocycles. The van der Waals surface area contributed by atoms with E-state index in [-0.39, 0.29) is 5.82 Å². The van der Waals surface area contributed by atoms with Crippen LogP contribution in [0.15, 0.2) is 36.5 Å². The second kappa shape index (κ2) is 5.44. The smallest absolute Gasteiger partial charge is 0.224 e. The van der Waals surface area contributed by atoms with Crippen LogP contribution in [-0.2, 0) is 0 Å². The molecule has 94 valence electrons. The molecule has 0 aliphatic rings. The van der Waals surface area contributed by atoms with Crippen molar-refractivity contribution in [2.45, 2.75) is 6.92 Å². The summed E-state index contributed by atoms with van der Waals surface area (Å²) < 4.78 is 13.2. The lowest BCUT2D eigenvalue weighted by molar-refractivity contribution is 0.628. The van der Waals surface area contributed by atoms with Gasteiger partial charge in [0.25, 0.3) is 0 Å². The molecule has 0 fully saturated rings. The molecule has 5 heteroatoms. The van der Waals surface area contributed by atoms with Crippen LogP contribution >= 0.6 is 0 Å². The fourth-order valence-electron chi connectivity index (χ4n) is 1.60. The monoisotopic (exact) mass is 246 g/mol. The molecule has 2 rings (SSSR count). The zero-order valence-electron chi connectivity index (χ0n) is 10.4. The van der Waals surface area contributed by atoms with Crippen molar-refractivity contribution in [2.75, 3.05) is 23.8 Å². The van der Waals surface area contributed by atoms with Gasteiger partial charge in [0.15, 0.2) is 0 Å². The summed E-state index contributed by atoms with van der Waals surface area (Å²) in [5, 5.41) is 3.04. The molecule has 1 N–H and O–H groups in total. The van der Waals surface area contributed by atoms with E-state index in [1.807, 2.05) is 24.9 Å². The van der Waals surface area contributed by atoms with Crippen molar-refractivity contribution in [3.63, 3.8) is 0 Å². The Bertz CT molecular complexity index is 530. The maximum absolute atomic E-state index is 13.2. The number of hydrogen-bond donors (Lipinski definition) is 1. The van der Waals surface area contributed by atoms with Gasteiger partial charge in [-0.25, -0.2) is 9.37 Å². The summed E-state index contributed by atoms with van der Waals surface area (Å²) in [5.74, 6) is 1.02. The van der Waals surface area contributed by atoms with Crippen LogP contribution in [-0.4, -0.2) is 23.6 Å². The number of aromatic nitrogens is 2. The van der Waals surface area contributed by atoms with E-state index < -0.39 is 0 Å². The molecule has 1 aromatic carbocycles. The second-order valence-corrected chi connectivity index (χ2v) is 3.81. The maximum atomic E-state index is 13.2. The molecule has 0 unspecified atom stereocenters. The van der Waals surface area contributed by atoms with Crippen molar-refractivity contribution in [3.8, 4) is 0 Å². The molecule has 0 bridgehead atoms. The van der Waals surface area contributed by atoms with Gasteiger partial charge in [0.05, 0.1) is 0 Å². The van der Waals surface area contributed by atoms with Crippen LogP contribution in [0.5, 0.6) is 0 Å². The van der Waals surface area contributed by atoms with Crippen LogP contribution in [0.1, 0.15) is 6.92 Å². The number of nitrogens with one attached hydrogen (secondary N) is 1. The number of anilines is 3. The van der Waals surface area contributed by atoms with Gasteiger partial charge in [-0.15, -0.1) is 0 Å². The highest BCUT2D eigenvalue weighted by Crippen LogP contribution is 2.22. The average molecular weight is 246 g/mol. The Labute approximate surface area is 105 Å². The highest BCUT2D eigenvalue weighted by atomic mass is 19.1. The van der Waals surface area contributed by atoms with Gasteiger partial charge in [-0.3, -0.25) is 0 Å². The second-order valence-electron chi connectivity index (χ2n) is 3.81. The lowest BCUT2D eigenvalue weighted by Crippen LogP contribution is -2.13. The first-order valence-electron chi connectivity index (χ1n) is 5.77. The van der Waals surface area contributed by atoms with E-state index in [0.29, 0.717) is 11.8 Å². The Morgan fingerprint density at radius 2 is 2.17 bits per heavy atom. The highest BCUT2D eigenvalue weighted by Gasteiger charge is 2.07. The van der Waals surface area contributed by atoms with Gasteiger partial charge in [0.2, 0.25) is 5.95 Å². The number of rotatable bonds is 4. The first-order valence-corrected chi connectivity index (χ1v) is 5.77. The van der Waals surface area contributed by atoms with E-state index in [1.54, 1.807) is 18.3 Å². The van der Waals surface area contributed by atoms with Gasteiger partial charge in [0.1, 0.15) is 11.6 Å². The molecule has 0 amide bonds. The van der Waals surface area contributed by atoms with Gasteiger partial charge in [-0.2, -0.15) is 4.98 Å². The van der Waals surface area contributed by atoms with E-state index in [9.17, 15) is 4.39 Å². The number of hydrogen-bond acceptors (Lipinski definition) is 4. The van der Waals surface area contributed by atoms with Crippen LogP contribution in [0.25, 0.3) is 0 Å². The fraction of sp³-hybridized carbons (Fsp3) is 0.231. The Morgan fingerprint density at radius 3 is 2.89 bits per heavy atom.